The lowest BCUT2D eigenvalue weighted by Gasteiger charge is -2.28. The summed E-state index contributed by atoms with van der Waals surface area (Å²) in [6.07, 6.45) is 18.1. The van der Waals surface area contributed by atoms with E-state index in [4.69, 9.17) is 0 Å². The van der Waals surface area contributed by atoms with Crippen LogP contribution in [0, 0.1) is 5.92 Å². The molecule has 0 aliphatic heterocycles. The zero-order valence-corrected chi connectivity index (χ0v) is 23.5. The molecule has 5 rings (SSSR count). The van der Waals surface area contributed by atoms with Crippen LogP contribution in [0.3, 0.4) is 0 Å². The highest BCUT2D eigenvalue weighted by atomic mass is 79.9. The number of hydrogen-bond acceptors (Lipinski definition) is 0. The van der Waals surface area contributed by atoms with E-state index in [0.717, 1.165) is 35.4 Å². The minimum atomic E-state index is 0.260. The maximum atomic E-state index is 4.50. The summed E-state index contributed by atoms with van der Waals surface area (Å²) in [6, 6.07) is 24.4. The third-order valence-corrected chi connectivity index (χ3v) is 8.05. The van der Waals surface area contributed by atoms with Crippen LogP contribution in [0.1, 0.15) is 67.7 Å². The van der Waals surface area contributed by atoms with Crippen molar-refractivity contribution in [1.82, 2.24) is 0 Å². The van der Waals surface area contributed by atoms with Crippen molar-refractivity contribution in [3.05, 3.63) is 140 Å². The molecule has 37 heavy (non-hydrogen) atoms. The molecule has 1 heteroatoms. The maximum absolute atomic E-state index is 4.50. The minimum Gasteiger partial charge on any atom is -0.0911 e. The standard InChI is InChI=1S/C36H35Br/c1-4-5-16-32(28-15-10-12-25(2)23-28)33-18-8-9-19-35(33)36(30-22-21-29(37)24-26(30)3)34-20-11-14-27-13-6-7-17-31(27)34/h5-14,16-19,21-22,24-25,34H,3-4,15,20,23H2,1-2H3/b16-5-,32-28?,36-30?. The minimum absolute atomic E-state index is 0.260. The molecule has 186 valence electrons. The second kappa shape index (κ2) is 11.5. The maximum Gasteiger partial charge on any atom is 0.0181 e. The van der Waals surface area contributed by atoms with E-state index in [0.29, 0.717) is 5.92 Å². The molecular weight excluding hydrogens is 512 g/mol. The van der Waals surface area contributed by atoms with E-state index < -0.39 is 0 Å². The first-order chi connectivity index (χ1) is 18.1. The summed E-state index contributed by atoms with van der Waals surface area (Å²) in [5.74, 6) is 0.827. The van der Waals surface area contributed by atoms with Gasteiger partial charge in [0.2, 0.25) is 0 Å². The van der Waals surface area contributed by atoms with E-state index in [9.17, 15) is 0 Å². The van der Waals surface area contributed by atoms with E-state index >= 15 is 0 Å². The molecule has 0 amide bonds. The van der Waals surface area contributed by atoms with Crippen LogP contribution in [0.4, 0.5) is 0 Å². The molecule has 2 aliphatic carbocycles. The topological polar surface area (TPSA) is 0 Å². The van der Waals surface area contributed by atoms with Gasteiger partial charge in [0.1, 0.15) is 0 Å². The summed E-state index contributed by atoms with van der Waals surface area (Å²) in [5.41, 5.74) is 9.63. The molecule has 0 fully saturated rings. The Bertz CT molecular complexity index is 1530. The Morgan fingerprint density at radius 1 is 1.00 bits per heavy atom. The Labute approximate surface area is 230 Å². The molecule has 0 spiro atoms. The van der Waals surface area contributed by atoms with Gasteiger partial charge in [-0.25, -0.2) is 0 Å². The van der Waals surface area contributed by atoms with Crippen molar-refractivity contribution in [1.29, 1.82) is 0 Å². The van der Waals surface area contributed by atoms with Gasteiger partial charge in [0.15, 0.2) is 0 Å². The van der Waals surface area contributed by atoms with Gasteiger partial charge in [-0.2, -0.15) is 0 Å². The van der Waals surface area contributed by atoms with Gasteiger partial charge in [-0.1, -0.05) is 133 Å². The van der Waals surface area contributed by atoms with Gasteiger partial charge < -0.3 is 0 Å². The average Bonchev–Trinajstić information content (AvgIpc) is 2.91. The average molecular weight is 548 g/mol. The van der Waals surface area contributed by atoms with Crippen LogP contribution in [0.25, 0.3) is 23.8 Å². The van der Waals surface area contributed by atoms with Gasteiger partial charge in [0.05, 0.1) is 0 Å². The lowest BCUT2D eigenvalue weighted by atomic mass is 9.76. The molecule has 2 aliphatic rings. The van der Waals surface area contributed by atoms with E-state index in [1.807, 2.05) is 0 Å². The molecule has 2 atom stereocenters. The van der Waals surface area contributed by atoms with Gasteiger partial charge >= 0.3 is 0 Å². The van der Waals surface area contributed by atoms with Crippen molar-refractivity contribution in [2.24, 2.45) is 5.92 Å². The molecule has 0 N–H and O–H groups in total. The first-order valence-corrected chi connectivity index (χ1v) is 14.2. The second-order valence-corrected chi connectivity index (χ2v) is 11.1. The zero-order chi connectivity index (χ0) is 25.8. The number of hydrogen-bond donors (Lipinski definition) is 0. The monoisotopic (exact) mass is 546 g/mol. The first-order valence-electron chi connectivity index (χ1n) is 13.5. The Hall–Kier alpha value is -3.16. The van der Waals surface area contributed by atoms with Crippen LogP contribution in [0.5, 0.6) is 0 Å². The van der Waals surface area contributed by atoms with Crippen molar-refractivity contribution in [2.45, 2.75) is 45.4 Å². The SMILES string of the molecule is C=c1cc(Br)ccc1=C(c1ccccc1C(/C=C\CC)=C1CC=CC(C)C1)C1CC=Cc2ccccc21. The van der Waals surface area contributed by atoms with Gasteiger partial charge in [-0.05, 0) is 87.6 Å². The smallest absolute Gasteiger partial charge is 0.0181 e. The number of halogens is 1. The summed E-state index contributed by atoms with van der Waals surface area (Å²) >= 11 is 3.66. The Kier molecular flexibility index (Phi) is 7.91. The first kappa shape index (κ1) is 25.5. The number of fused-ring (bicyclic) bond motifs is 1. The fourth-order valence-corrected chi connectivity index (χ4v) is 6.25. The highest BCUT2D eigenvalue weighted by Gasteiger charge is 2.25. The summed E-state index contributed by atoms with van der Waals surface area (Å²) < 4.78 is 1.06. The van der Waals surface area contributed by atoms with Crippen molar-refractivity contribution in [3.8, 4) is 0 Å². The Morgan fingerprint density at radius 3 is 2.57 bits per heavy atom. The Balaban J connectivity index is 1.83. The third-order valence-electron chi connectivity index (χ3n) is 7.55. The summed E-state index contributed by atoms with van der Waals surface area (Å²) in [7, 11) is 0. The summed E-state index contributed by atoms with van der Waals surface area (Å²) in [6.45, 7) is 9.04. The highest BCUT2D eigenvalue weighted by molar-refractivity contribution is 9.10. The van der Waals surface area contributed by atoms with Crippen LogP contribution < -0.4 is 10.4 Å². The summed E-state index contributed by atoms with van der Waals surface area (Å²) in [5, 5.41) is 2.28. The van der Waals surface area contributed by atoms with Crippen LogP contribution in [0.15, 0.2) is 107 Å². The molecule has 0 bridgehead atoms. The largest absolute Gasteiger partial charge is 0.0911 e. The molecule has 0 nitrogen and oxygen atoms in total. The Morgan fingerprint density at radius 2 is 1.78 bits per heavy atom. The third kappa shape index (κ3) is 5.43. The molecule has 0 heterocycles. The number of benzene rings is 3. The van der Waals surface area contributed by atoms with Crippen LogP contribution in [-0.2, 0) is 0 Å². The van der Waals surface area contributed by atoms with Crippen molar-refractivity contribution in [3.63, 3.8) is 0 Å². The van der Waals surface area contributed by atoms with Crippen LogP contribution in [-0.4, -0.2) is 0 Å². The van der Waals surface area contributed by atoms with Gasteiger partial charge in [0, 0.05) is 10.4 Å². The fraction of sp³-hybridized carbons (Fsp3) is 0.222. The van der Waals surface area contributed by atoms with Crippen LogP contribution in [0.2, 0.25) is 0 Å². The second-order valence-electron chi connectivity index (χ2n) is 10.2. The van der Waals surface area contributed by atoms with Gasteiger partial charge in [-0.3, -0.25) is 0 Å². The van der Waals surface area contributed by atoms with Gasteiger partial charge in [-0.15, -0.1) is 0 Å². The lowest BCUT2D eigenvalue weighted by molar-refractivity contribution is 0.684. The normalized spacial score (nSPS) is 21.2. The molecule has 0 radical (unpaired) electrons. The summed E-state index contributed by atoms with van der Waals surface area (Å²) in [4.78, 5) is 0. The molecule has 0 saturated heterocycles. The molecule has 0 saturated carbocycles. The van der Waals surface area contributed by atoms with E-state index in [2.05, 4.69) is 140 Å². The predicted octanol–water partition coefficient (Wildman–Crippen LogP) is 8.97. The molecule has 3 aromatic rings. The van der Waals surface area contributed by atoms with Crippen molar-refractivity contribution >= 4 is 39.7 Å². The lowest BCUT2D eigenvalue weighted by Crippen LogP contribution is -2.29. The zero-order valence-electron chi connectivity index (χ0n) is 21.9. The van der Waals surface area contributed by atoms with E-state index in [1.165, 1.54) is 44.2 Å². The van der Waals surface area contributed by atoms with E-state index in [1.54, 1.807) is 0 Å². The van der Waals surface area contributed by atoms with E-state index in [-0.39, 0.29) is 5.92 Å². The predicted molar refractivity (Wildman–Crippen MR) is 165 cm³/mol. The molecule has 3 aromatic carbocycles. The van der Waals surface area contributed by atoms with Crippen LogP contribution >= 0.6 is 15.9 Å². The van der Waals surface area contributed by atoms with Crippen molar-refractivity contribution < 1.29 is 0 Å². The van der Waals surface area contributed by atoms with Gasteiger partial charge in [0.25, 0.3) is 0 Å². The molecule has 0 aromatic heterocycles. The quantitative estimate of drug-likeness (QED) is 0.280. The number of allylic oxidation sites excluding steroid dienone is 7. The molecular formula is C36H35Br. The fourth-order valence-electron chi connectivity index (χ4n) is 5.85. The number of rotatable bonds is 5. The highest BCUT2D eigenvalue weighted by Crippen LogP contribution is 2.42. The molecule has 2 unspecified atom stereocenters. The van der Waals surface area contributed by atoms with Crippen molar-refractivity contribution in [2.75, 3.05) is 0 Å².